The Labute approximate surface area is 131 Å². The van der Waals surface area contributed by atoms with E-state index >= 15 is 0 Å². The van der Waals surface area contributed by atoms with E-state index in [1.807, 2.05) is 6.92 Å². The van der Waals surface area contributed by atoms with Crippen molar-refractivity contribution in [3.8, 4) is 0 Å². The van der Waals surface area contributed by atoms with Crippen LogP contribution in [-0.2, 0) is 28.7 Å². The first-order valence-electron chi connectivity index (χ1n) is 7.00. The number of esters is 2. The van der Waals surface area contributed by atoms with E-state index in [1.165, 1.54) is 11.8 Å². The Morgan fingerprint density at radius 1 is 1.23 bits per heavy atom. The van der Waals surface area contributed by atoms with E-state index in [4.69, 9.17) is 9.47 Å². The molecule has 1 aliphatic carbocycles. The zero-order chi connectivity index (χ0) is 16.3. The molecule has 1 amide bonds. The highest BCUT2D eigenvalue weighted by molar-refractivity contribution is 8.05. The van der Waals surface area contributed by atoms with Gasteiger partial charge in [0.2, 0.25) is 0 Å². The minimum Gasteiger partial charge on any atom is -0.464 e. The third-order valence-electron chi connectivity index (χ3n) is 4.18. The molecule has 0 N–H and O–H groups in total. The summed E-state index contributed by atoms with van der Waals surface area (Å²) in [4.78, 5) is 49.9. The molecule has 0 bridgehead atoms. The molecule has 0 unspecified atom stereocenters. The Hall–Kier alpha value is -1.83. The monoisotopic (exact) mass is 325 g/mol. The van der Waals surface area contributed by atoms with Gasteiger partial charge in [-0.05, 0) is 20.8 Å². The molecule has 22 heavy (non-hydrogen) atoms. The molecule has 0 aromatic carbocycles. The molecule has 3 rings (SSSR count). The van der Waals surface area contributed by atoms with Gasteiger partial charge >= 0.3 is 17.8 Å². The Bertz CT molecular complexity index is 656. The van der Waals surface area contributed by atoms with Gasteiger partial charge in [0.05, 0.1) is 23.0 Å². The first-order valence-corrected chi connectivity index (χ1v) is 7.82. The third kappa shape index (κ3) is 1.58. The lowest BCUT2D eigenvalue weighted by atomic mass is 10.2. The van der Waals surface area contributed by atoms with Crippen molar-refractivity contribution < 1.29 is 28.7 Å². The topological polar surface area (TPSA) is 90.0 Å². The number of rotatable bonds is 4. The maximum atomic E-state index is 12.3. The van der Waals surface area contributed by atoms with Crippen LogP contribution in [0.2, 0.25) is 0 Å². The molecule has 118 valence electrons. The number of carbonyl (C=O) groups is 4. The van der Waals surface area contributed by atoms with Gasteiger partial charge in [0.25, 0.3) is 5.78 Å². The summed E-state index contributed by atoms with van der Waals surface area (Å²) in [5.74, 6) is -3.14. The normalized spacial score (nSPS) is 32.0. The van der Waals surface area contributed by atoms with Crippen molar-refractivity contribution in [2.45, 2.75) is 37.5 Å². The summed E-state index contributed by atoms with van der Waals surface area (Å²) >= 11 is 1.20. The number of hydrogen-bond donors (Lipinski definition) is 0. The Morgan fingerprint density at radius 3 is 2.45 bits per heavy atom. The SMILES string of the molecule is CCOC(=O)C1=C2S[C@@]3(C)C[C@@]3(C(=O)OCC)N2C(=O)C1=O. The second-order valence-electron chi connectivity index (χ2n) is 5.46. The van der Waals surface area contributed by atoms with E-state index in [0.717, 1.165) is 4.90 Å². The lowest BCUT2D eigenvalue weighted by Crippen LogP contribution is -2.47. The van der Waals surface area contributed by atoms with Crippen LogP contribution in [-0.4, -0.2) is 52.0 Å². The highest BCUT2D eigenvalue weighted by atomic mass is 32.2. The van der Waals surface area contributed by atoms with Gasteiger partial charge in [-0.2, -0.15) is 0 Å². The molecule has 3 aliphatic rings. The molecule has 0 aromatic heterocycles. The van der Waals surface area contributed by atoms with E-state index in [0.29, 0.717) is 6.42 Å². The fourth-order valence-corrected chi connectivity index (χ4v) is 4.72. The van der Waals surface area contributed by atoms with Crippen molar-refractivity contribution in [2.24, 2.45) is 0 Å². The average molecular weight is 325 g/mol. The van der Waals surface area contributed by atoms with Crippen LogP contribution in [0, 0.1) is 0 Å². The summed E-state index contributed by atoms with van der Waals surface area (Å²) in [6, 6.07) is 0. The molecule has 8 heteroatoms. The highest BCUT2D eigenvalue weighted by Gasteiger charge is 2.82. The van der Waals surface area contributed by atoms with Crippen molar-refractivity contribution >= 4 is 35.4 Å². The summed E-state index contributed by atoms with van der Waals surface area (Å²) in [5, 5.41) is 0.218. The van der Waals surface area contributed by atoms with Gasteiger partial charge in [-0.1, -0.05) is 11.8 Å². The van der Waals surface area contributed by atoms with Gasteiger partial charge in [0.15, 0.2) is 5.54 Å². The zero-order valence-electron chi connectivity index (χ0n) is 12.4. The second-order valence-corrected chi connectivity index (χ2v) is 6.95. The van der Waals surface area contributed by atoms with Crippen molar-refractivity contribution in [2.75, 3.05) is 13.2 Å². The number of ether oxygens (including phenoxy) is 2. The summed E-state index contributed by atoms with van der Waals surface area (Å²) in [5.41, 5.74) is -1.45. The van der Waals surface area contributed by atoms with Gasteiger partial charge in [-0.15, -0.1) is 0 Å². The molecule has 2 fully saturated rings. The Kier molecular flexibility index (Phi) is 3.14. The molecule has 0 radical (unpaired) electrons. The molecule has 7 nitrogen and oxygen atoms in total. The number of amides is 1. The maximum Gasteiger partial charge on any atom is 0.345 e. The first kappa shape index (κ1) is 15.1. The van der Waals surface area contributed by atoms with Gasteiger partial charge in [0.1, 0.15) is 5.57 Å². The maximum absolute atomic E-state index is 12.3. The summed E-state index contributed by atoms with van der Waals surface area (Å²) in [6.07, 6.45) is 0.405. The van der Waals surface area contributed by atoms with Crippen LogP contribution in [0.1, 0.15) is 27.2 Å². The van der Waals surface area contributed by atoms with Crippen LogP contribution < -0.4 is 0 Å². The highest BCUT2D eigenvalue weighted by Crippen LogP contribution is 2.72. The fraction of sp³-hybridized carbons (Fsp3) is 0.571. The summed E-state index contributed by atoms with van der Waals surface area (Å²) < 4.78 is 9.36. The molecule has 2 atom stereocenters. The van der Waals surface area contributed by atoms with E-state index < -0.39 is 33.9 Å². The lowest BCUT2D eigenvalue weighted by molar-refractivity contribution is -0.155. The van der Waals surface area contributed by atoms with E-state index in [9.17, 15) is 19.2 Å². The second kappa shape index (κ2) is 4.58. The van der Waals surface area contributed by atoms with Crippen LogP contribution in [0.4, 0.5) is 0 Å². The van der Waals surface area contributed by atoms with Crippen molar-refractivity contribution in [1.29, 1.82) is 0 Å². The molecule has 1 saturated heterocycles. The van der Waals surface area contributed by atoms with Gasteiger partial charge < -0.3 is 9.47 Å². The van der Waals surface area contributed by atoms with Crippen LogP contribution in [0.25, 0.3) is 0 Å². The number of fused-ring (bicyclic) bond motifs is 3. The van der Waals surface area contributed by atoms with E-state index in [1.54, 1.807) is 13.8 Å². The predicted molar refractivity (Wildman–Crippen MR) is 75.5 cm³/mol. The van der Waals surface area contributed by atoms with Gasteiger partial charge in [-0.25, -0.2) is 9.59 Å². The van der Waals surface area contributed by atoms with Crippen LogP contribution in [0.5, 0.6) is 0 Å². The van der Waals surface area contributed by atoms with Crippen LogP contribution in [0.3, 0.4) is 0 Å². The Balaban J connectivity index is 2.06. The predicted octanol–water partition coefficient (Wildman–Crippen LogP) is 0.383. The van der Waals surface area contributed by atoms with Crippen molar-refractivity contribution in [3.63, 3.8) is 0 Å². The van der Waals surface area contributed by atoms with Crippen molar-refractivity contribution in [3.05, 3.63) is 10.6 Å². The molecule has 2 aliphatic heterocycles. The number of thioether (sulfide) groups is 1. The van der Waals surface area contributed by atoms with Crippen LogP contribution in [0.15, 0.2) is 10.6 Å². The standard InChI is InChI=1S/C14H15NO6S/c1-4-20-11(18)7-8(16)9(17)15-10(7)22-13(3)6-14(13,15)12(19)21-5-2/h4-6H2,1-3H3/t13-,14-/m0/s1. The Morgan fingerprint density at radius 2 is 1.86 bits per heavy atom. The number of hydrogen-bond acceptors (Lipinski definition) is 7. The van der Waals surface area contributed by atoms with E-state index in [2.05, 4.69) is 0 Å². The lowest BCUT2D eigenvalue weighted by Gasteiger charge is -2.22. The van der Waals surface area contributed by atoms with E-state index in [-0.39, 0.29) is 23.8 Å². The third-order valence-corrected chi connectivity index (χ3v) is 5.69. The average Bonchev–Trinajstić information content (AvgIpc) is 2.86. The number of nitrogens with zero attached hydrogens (tertiary/aromatic N) is 1. The van der Waals surface area contributed by atoms with Gasteiger partial charge in [0, 0.05) is 6.42 Å². The molecular formula is C14H15NO6S. The zero-order valence-corrected chi connectivity index (χ0v) is 13.2. The smallest absolute Gasteiger partial charge is 0.345 e. The number of ketones is 1. The number of Topliss-reactive ketones (excluding diaryl/α,β-unsaturated/α-hetero) is 1. The van der Waals surface area contributed by atoms with Crippen LogP contribution >= 0.6 is 11.8 Å². The summed E-state index contributed by atoms with van der Waals surface area (Å²) in [6.45, 7) is 5.39. The fourth-order valence-electron chi connectivity index (χ4n) is 3.06. The number of carbonyl (C=O) groups excluding carboxylic acids is 4. The molecule has 0 aromatic rings. The molecule has 2 heterocycles. The van der Waals surface area contributed by atoms with Crippen molar-refractivity contribution in [1.82, 2.24) is 4.90 Å². The largest absolute Gasteiger partial charge is 0.464 e. The first-order chi connectivity index (χ1) is 10.3. The minimum absolute atomic E-state index is 0.0992. The minimum atomic E-state index is -1.18. The molecule has 1 saturated carbocycles. The molecule has 0 spiro atoms. The summed E-state index contributed by atoms with van der Waals surface area (Å²) in [7, 11) is 0. The quantitative estimate of drug-likeness (QED) is 0.419. The molecular weight excluding hydrogens is 310 g/mol. The van der Waals surface area contributed by atoms with Gasteiger partial charge in [-0.3, -0.25) is 14.5 Å².